The van der Waals surface area contributed by atoms with E-state index in [-0.39, 0.29) is 24.6 Å². The lowest BCUT2D eigenvalue weighted by molar-refractivity contribution is -0.137. The molecule has 0 fully saturated rings. The van der Waals surface area contributed by atoms with Gasteiger partial charge in [-0.15, -0.1) is 12.4 Å². The summed E-state index contributed by atoms with van der Waals surface area (Å²) in [6, 6.07) is 5.68. The maximum absolute atomic E-state index is 10.3. The van der Waals surface area contributed by atoms with Crippen LogP contribution in [0.4, 0.5) is 0 Å². The minimum Gasteiger partial charge on any atom is -0.508 e. The lowest BCUT2D eigenvalue weighted by Gasteiger charge is -2.08. The molecule has 0 radical (unpaired) electrons. The first-order valence-corrected chi connectivity index (χ1v) is 3.86. The Morgan fingerprint density at radius 1 is 1.36 bits per heavy atom. The average molecular weight is 218 g/mol. The van der Waals surface area contributed by atoms with Crippen molar-refractivity contribution in [3.8, 4) is 5.75 Å². The van der Waals surface area contributed by atoms with E-state index in [0.717, 1.165) is 0 Å². The number of hydrogen-bond donors (Lipinski definition) is 3. The zero-order valence-corrected chi connectivity index (χ0v) is 8.20. The zero-order valence-electron chi connectivity index (χ0n) is 7.38. The summed E-state index contributed by atoms with van der Waals surface area (Å²) in [5, 5.41) is 17.4. The number of carbonyl (C=O) groups is 1. The van der Waals surface area contributed by atoms with Crippen molar-refractivity contribution in [2.24, 2.45) is 5.73 Å². The van der Waals surface area contributed by atoms with Gasteiger partial charge in [-0.3, -0.25) is 4.79 Å². The number of hydrogen-bond acceptors (Lipinski definition) is 3. The molecule has 1 atom stereocenters. The lowest BCUT2D eigenvalue weighted by Crippen LogP contribution is -2.14. The number of phenols is 1. The number of carboxylic acids is 1. The Morgan fingerprint density at radius 2 is 1.86 bits per heavy atom. The van der Waals surface area contributed by atoms with E-state index in [1.807, 2.05) is 0 Å². The van der Waals surface area contributed by atoms with Crippen LogP contribution < -0.4 is 5.73 Å². The molecule has 1 aromatic carbocycles. The number of aliphatic carboxylic acids is 1. The predicted octanol–water partition coefficient (Wildman–Crippen LogP) is 1.29. The van der Waals surface area contributed by atoms with Gasteiger partial charge in [-0.1, -0.05) is 12.1 Å². The molecule has 0 heterocycles. The third-order valence-corrected chi connectivity index (χ3v) is 1.72. The normalized spacial score (nSPS) is 11.5. The minimum absolute atomic E-state index is 0. The molecule has 0 aromatic heterocycles. The van der Waals surface area contributed by atoms with Crippen molar-refractivity contribution < 1.29 is 15.0 Å². The van der Waals surface area contributed by atoms with Gasteiger partial charge in [-0.2, -0.15) is 0 Å². The van der Waals surface area contributed by atoms with Gasteiger partial charge in [0.05, 0.1) is 6.42 Å². The summed E-state index contributed by atoms with van der Waals surface area (Å²) in [5.74, 6) is -0.785. The van der Waals surface area contributed by atoms with E-state index >= 15 is 0 Å². The average Bonchev–Trinajstić information content (AvgIpc) is 2.04. The van der Waals surface area contributed by atoms with Crippen LogP contribution in [0.25, 0.3) is 0 Å². The molecule has 5 heteroatoms. The molecule has 1 aromatic rings. The molecule has 0 aliphatic heterocycles. The third kappa shape index (κ3) is 3.64. The van der Waals surface area contributed by atoms with Crippen LogP contribution in [-0.2, 0) is 4.79 Å². The fraction of sp³-hybridized carbons (Fsp3) is 0.222. The van der Waals surface area contributed by atoms with Gasteiger partial charge < -0.3 is 15.9 Å². The second kappa shape index (κ2) is 5.47. The molecule has 0 spiro atoms. The highest BCUT2D eigenvalue weighted by atomic mass is 35.5. The Hall–Kier alpha value is -1.26. The quantitative estimate of drug-likeness (QED) is 0.713. The maximum Gasteiger partial charge on any atom is 0.305 e. The second-order valence-electron chi connectivity index (χ2n) is 2.80. The number of nitrogens with two attached hydrogens (primary N) is 1. The highest BCUT2D eigenvalue weighted by molar-refractivity contribution is 5.85. The number of carboxylic acid groups (broad SMARTS) is 1. The van der Waals surface area contributed by atoms with Crippen LogP contribution in [0.3, 0.4) is 0 Å². The van der Waals surface area contributed by atoms with Gasteiger partial charge in [0.25, 0.3) is 0 Å². The Labute approximate surface area is 87.8 Å². The number of phenolic OH excluding ortho intramolecular Hbond substituents is 1. The first kappa shape index (κ1) is 12.7. The minimum atomic E-state index is -0.930. The van der Waals surface area contributed by atoms with Crippen LogP contribution in [0, 0.1) is 0 Å². The summed E-state index contributed by atoms with van der Waals surface area (Å²) in [6.07, 6.45) is -0.106. The SMILES string of the molecule is Cl.N[C@@H](CC(=O)O)c1ccc(O)cc1. The molecular formula is C9H12ClNO3. The first-order chi connectivity index (χ1) is 6.09. The molecule has 0 saturated heterocycles. The standard InChI is InChI=1S/C9H11NO3.ClH/c10-8(5-9(12)13)6-1-3-7(11)4-2-6;/h1-4,8,11H,5,10H2,(H,12,13);1H/t8-;/m0./s1. The highest BCUT2D eigenvalue weighted by Gasteiger charge is 2.09. The summed E-state index contributed by atoms with van der Waals surface area (Å²) < 4.78 is 0. The van der Waals surface area contributed by atoms with Gasteiger partial charge in [0.2, 0.25) is 0 Å². The molecule has 0 saturated carbocycles. The molecular weight excluding hydrogens is 206 g/mol. The van der Waals surface area contributed by atoms with Crippen molar-refractivity contribution >= 4 is 18.4 Å². The summed E-state index contributed by atoms with van der Waals surface area (Å²) >= 11 is 0. The molecule has 0 bridgehead atoms. The van der Waals surface area contributed by atoms with E-state index in [1.165, 1.54) is 12.1 Å². The second-order valence-corrected chi connectivity index (χ2v) is 2.80. The summed E-state index contributed by atoms with van der Waals surface area (Å²) in [4.78, 5) is 10.3. The maximum atomic E-state index is 10.3. The van der Waals surface area contributed by atoms with Crippen LogP contribution in [0.5, 0.6) is 5.75 Å². The fourth-order valence-electron chi connectivity index (χ4n) is 1.03. The molecule has 0 unspecified atom stereocenters. The van der Waals surface area contributed by atoms with Gasteiger partial charge in [-0.25, -0.2) is 0 Å². The van der Waals surface area contributed by atoms with Crippen molar-refractivity contribution in [1.82, 2.24) is 0 Å². The van der Waals surface area contributed by atoms with E-state index in [4.69, 9.17) is 15.9 Å². The molecule has 0 aliphatic carbocycles. The fourth-order valence-corrected chi connectivity index (χ4v) is 1.03. The predicted molar refractivity (Wildman–Crippen MR) is 54.5 cm³/mol. The Kier molecular flexibility index (Phi) is 4.97. The molecule has 78 valence electrons. The van der Waals surface area contributed by atoms with Crippen molar-refractivity contribution in [1.29, 1.82) is 0 Å². The smallest absolute Gasteiger partial charge is 0.305 e. The zero-order chi connectivity index (χ0) is 9.84. The number of halogens is 1. The highest BCUT2D eigenvalue weighted by Crippen LogP contribution is 2.17. The van der Waals surface area contributed by atoms with Crippen LogP contribution in [-0.4, -0.2) is 16.2 Å². The van der Waals surface area contributed by atoms with Crippen molar-refractivity contribution in [3.05, 3.63) is 29.8 Å². The van der Waals surface area contributed by atoms with E-state index in [1.54, 1.807) is 12.1 Å². The van der Waals surface area contributed by atoms with Crippen LogP contribution in [0.2, 0.25) is 0 Å². The monoisotopic (exact) mass is 217 g/mol. The molecule has 1 rings (SSSR count). The number of rotatable bonds is 3. The molecule has 14 heavy (non-hydrogen) atoms. The van der Waals surface area contributed by atoms with Gasteiger partial charge in [-0.05, 0) is 17.7 Å². The van der Waals surface area contributed by atoms with E-state index in [9.17, 15) is 4.79 Å². The number of aromatic hydroxyl groups is 1. The topological polar surface area (TPSA) is 83.6 Å². The van der Waals surface area contributed by atoms with Crippen molar-refractivity contribution in [3.63, 3.8) is 0 Å². The molecule has 0 aliphatic rings. The molecule has 4 nitrogen and oxygen atoms in total. The molecule has 0 amide bonds. The van der Waals surface area contributed by atoms with Crippen LogP contribution in [0.1, 0.15) is 18.0 Å². The van der Waals surface area contributed by atoms with Crippen molar-refractivity contribution in [2.45, 2.75) is 12.5 Å². The molecule has 4 N–H and O–H groups in total. The van der Waals surface area contributed by atoms with Crippen LogP contribution >= 0.6 is 12.4 Å². The van der Waals surface area contributed by atoms with Gasteiger partial charge in [0.1, 0.15) is 5.75 Å². The third-order valence-electron chi connectivity index (χ3n) is 1.72. The van der Waals surface area contributed by atoms with Crippen molar-refractivity contribution in [2.75, 3.05) is 0 Å². The Morgan fingerprint density at radius 3 is 2.29 bits per heavy atom. The van der Waals surface area contributed by atoms with Gasteiger partial charge in [0.15, 0.2) is 0 Å². The Bertz CT molecular complexity index is 299. The van der Waals surface area contributed by atoms with Crippen LogP contribution in [0.15, 0.2) is 24.3 Å². The van der Waals surface area contributed by atoms with E-state index in [2.05, 4.69) is 0 Å². The largest absolute Gasteiger partial charge is 0.508 e. The van der Waals surface area contributed by atoms with E-state index < -0.39 is 12.0 Å². The number of benzene rings is 1. The Balaban J connectivity index is 0.00000169. The van der Waals surface area contributed by atoms with Gasteiger partial charge in [0, 0.05) is 6.04 Å². The summed E-state index contributed by atoms with van der Waals surface area (Å²) in [5.41, 5.74) is 6.29. The van der Waals surface area contributed by atoms with Gasteiger partial charge >= 0.3 is 5.97 Å². The summed E-state index contributed by atoms with van der Waals surface area (Å²) in [6.45, 7) is 0. The lowest BCUT2D eigenvalue weighted by atomic mass is 10.1. The first-order valence-electron chi connectivity index (χ1n) is 3.86. The summed E-state index contributed by atoms with van der Waals surface area (Å²) in [7, 11) is 0. The van der Waals surface area contributed by atoms with E-state index in [0.29, 0.717) is 5.56 Å².